The lowest BCUT2D eigenvalue weighted by molar-refractivity contribution is -0.129. The lowest BCUT2D eigenvalue weighted by Gasteiger charge is -2.07. The first kappa shape index (κ1) is 18.2. The van der Waals surface area contributed by atoms with Gasteiger partial charge in [-0.05, 0) is 35.9 Å². The lowest BCUT2D eigenvalue weighted by atomic mass is 10.1. The normalized spacial score (nSPS) is 14.6. The summed E-state index contributed by atoms with van der Waals surface area (Å²) < 4.78 is 20.4. The van der Waals surface area contributed by atoms with Gasteiger partial charge in [-0.1, -0.05) is 12.1 Å². The van der Waals surface area contributed by atoms with Crippen LogP contribution in [0.15, 0.2) is 53.2 Å². The van der Waals surface area contributed by atoms with Crippen LogP contribution in [0.3, 0.4) is 0 Å². The predicted molar refractivity (Wildman–Crippen MR) is 97.9 cm³/mol. The summed E-state index contributed by atoms with van der Waals surface area (Å²) in [5.74, 6) is 0.276. The Morgan fingerprint density at radius 3 is 2.19 bits per heavy atom. The molecule has 0 atom stereocenters. The lowest BCUT2D eigenvalue weighted by Crippen LogP contribution is -2.06. The number of rotatable bonds is 5. The zero-order valence-corrected chi connectivity index (χ0v) is 15.0. The number of methoxy groups -OCH3 is 3. The van der Waals surface area contributed by atoms with E-state index >= 15 is 0 Å². The minimum absolute atomic E-state index is 0.151. The van der Waals surface area contributed by atoms with Crippen LogP contribution in [-0.2, 0) is 14.3 Å². The number of carbonyl (C=O) groups excluding carboxylic acids is 2. The Kier molecular flexibility index (Phi) is 5.21. The predicted octanol–water partition coefficient (Wildman–Crippen LogP) is 2.83. The first-order valence-electron chi connectivity index (χ1n) is 7.98. The highest BCUT2D eigenvalue weighted by Gasteiger charge is 2.25. The van der Waals surface area contributed by atoms with E-state index in [4.69, 9.17) is 14.2 Å². The number of cyclic esters (lactones) is 1. The largest absolute Gasteiger partial charge is 0.497 e. The van der Waals surface area contributed by atoms with Crippen LogP contribution in [0.2, 0.25) is 0 Å². The third-order valence-corrected chi connectivity index (χ3v) is 3.85. The van der Waals surface area contributed by atoms with E-state index in [-0.39, 0.29) is 11.6 Å². The van der Waals surface area contributed by atoms with E-state index in [0.29, 0.717) is 28.2 Å². The molecule has 0 aromatic heterocycles. The van der Waals surface area contributed by atoms with E-state index in [1.807, 2.05) is 0 Å². The van der Waals surface area contributed by atoms with Crippen LogP contribution < -0.4 is 9.47 Å². The van der Waals surface area contributed by atoms with Gasteiger partial charge in [-0.25, -0.2) is 14.6 Å². The standard InChI is InChI=1S/C20H17NO6/c1-24-15-9-14(10-16(11-15)25-2)18-21-17(20(23)27-18)8-12-4-6-13(7-5-12)19(22)26-3/h4-11H,1-3H3. The molecule has 0 unspecified atom stereocenters. The van der Waals surface area contributed by atoms with Crippen molar-refractivity contribution in [2.45, 2.75) is 0 Å². The third-order valence-electron chi connectivity index (χ3n) is 3.85. The van der Waals surface area contributed by atoms with Crippen molar-refractivity contribution in [1.82, 2.24) is 0 Å². The summed E-state index contributed by atoms with van der Waals surface area (Å²) in [6.45, 7) is 0. The highest BCUT2D eigenvalue weighted by atomic mass is 16.6. The van der Waals surface area contributed by atoms with E-state index in [1.165, 1.54) is 21.3 Å². The van der Waals surface area contributed by atoms with Gasteiger partial charge in [0.25, 0.3) is 0 Å². The smallest absolute Gasteiger partial charge is 0.363 e. The van der Waals surface area contributed by atoms with Gasteiger partial charge in [0.1, 0.15) is 11.5 Å². The molecular formula is C20H17NO6. The van der Waals surface area contributed by atoms with Gasteiger partial charge in [-0.3, -0.25) is 0 Å². The van der Waals surface area contributed by atoms with E-state index in [2.05, 4.69) is 9.73 Å². The molecule has 0 aliphatic carbocycles. The molecule has 7 heteroatoms. The van der Waals surface area contributed by atoms with Gasteiger partial charge in [0.15, 0.2) is 5.70 Å². The van der Waals surface area contributed by atoms with Crippen LogP contribution >= 0.6 is 0 Å². The van der Waals surface area contributed by atoms with Gasteiger partial charge in [-0.2, -0.15) is 0 Å². The molecule has 138 valence electrons. The van der Waals surface area contributed by atoms with Crippen molar-refractivity contribution in [3.63, 3.8) is 0 Å². The minimum atomic E-state index is -0.566. The molecule has 0 amide bonds. The Labute approximate surface area is 155 Å². The minimum Gasteiger partial charge on any atom is -0.497 e. The molecule has 0 radical (unpaired) electrons. The molecule has 1 heterocycles. The van der Waals surface area contributed by atoms with E-state index in [0.717, 1.165) is 0 Å². The number of carbonyl (C=O) groups is 2. The highest BCUT2D eigenvalue weighted by Crippen LogP contribution is 2.26. The zero-order valence-electron chi connectivity index (χ0n) is 15.0. The SMILES string of the molecule is COC(=O)c1ccc(C=C2N=C(c3cc(OC)cc(OC)c3)OC2=O)cc1. The maximum absolute atomic E-state index is 12.2. The maximum atomic E-state index is 12.2. The second kappa shape index (κ2) is 7.74. The average molecular weight is 367 g/mol. The molecule has 0 fully saturated rings. The van der Waals surface area contributed by atoms with E-state index < -0.39 is 11.9 Å². The van der Waals surface area contributed by atoms with Crippen molar-refractivity contribution >= 4 is 23.9 Å². The fraction of sp³-hybridized carbons (Fsp3) is 0.150. The molecule has 0 bridgehead atoms. The zero-order chi connectivity index (χ0) is 19.4. The summed E-state index contributed by atoms with van der Waals surface area (Å²) >= 11 is 0. The molecule has 27 heavy (non-hydrogen) atoms. The number of ether oxygens (including phenoxy) is 4. The third kappa shape index (κ3) is 3.98. The van der Waals surface area contributed by atoms with Gasteiger partial charge in [-0.15, -0.1) is 0 Å². The fourth-order valence-corrected chi connectivity index (χ4v) is 2.45. The highest BCUT2D eigenvalue weighted by molar-refractivity contribution is 6.13. The monoisotopic (exact) mass is 367 g/mol. The van der Waals surface area contributed by atoms with Gasteiger partial charge in [0.2, 0.25) is 5.90 Å². The Bertz CT molecular complexity index is 921. The number of benzene rings is 2. The molecular weight excluding hydrogens is 350 g/mol. The Balaban J connectivity index is 1.90. The summed E-state index contributed by atoms with van der Waals surface area (Å²) in [5, 5.41) is 0. The molecule has 2 aromatic carbocycles. The van der Waals surface area contributed by atoms with Gasteiger partial charge < -0.3 is 18.9 Å². The molecule has 1 aliphatic heterocycles. The van der Waals surface area contributed by atoms with Crippen LogP contribution in [-0.4, -0.2) is 39.2 Å². The fourth-order valence-electron chi connectivity index (χ4n) is 2.45. The number of hydrogen-bond donors (Lipinski definition) is 0. The van der Waals surface area contributed by atoms with Gasteiger partial charge in [0, 0.05) is 11.6 Å². The summed E-state index contributed by atoms with van der Waals surface area (Å²) in [5.41, 5.74) is 1.82. The van der Waals surface area contributed by atoms with Crippen molar-refractivity contribution in [2.24, 2.45) is 4.99 Å². The molecule has 1 aliphatic rings. The second-order valence-corrected chi connectivity index (χ2v) is 5.55. The first-order chi connectivity index (χ1) is 13.0. The topological polar surface area (TPSA) is 83.4 Å². The van der Waals surface area contributed by atoms with Gasteiger partial charge in [0.05, 0.1) is 26.9 Å². The summed E-state index contributed by atoms with van der Waals surface area (Å²) in [6.07, 6.45) is 1.58. The molecule has 3 rings (SSSR count). The molecule has 0 spiro atoms. The number of aliphatic imine (C=N–C) groups is 1. The Hall–Kier alpha value is -3.61. The van der Waals surface area contributed by atoms with Crippen molar-refractivity contribution in [1.29, 1.82) is 0 Å². The van der Waals surface area contributed by atoms with Crippen LogP contribution in [0.4, 0.5) is 0 Å². The summed E-state index contributed by atoms with van der Waals surface area (Å²) in [4.78, 5) is 27.9. The number of esters is 2. The summed E-state index contributed by atoms with van der Waals surface area (Å²) in [7, 11) is 4.38. The molecule has 0 saturated carbocycles. The van der Waals surface area contributed by atoms with Crippen LogP contribution in [0, 0.1) is 0 Å². The van der Waals surface area contributed by atoms with E-state index in [9.17, 15) is 9.59 Å². The van der Waals surface area contributed by atoms with Crippen LogP contribution in [0.25, 0.3) is 6.08 Å². The Morgan fingerprint density at radius 2 is 1.63 bits per heavy atom. The number of nitrogens with zero attached hydrogens (tertiary/aromatic N) is 1. The molecule has 0 N–H and O–H groups in total. The van der Waals surface area contributed by atoms with Crippen LogP contribution in [0.1, 0.15) is 21.5 Å². The first-order valence-corrected chi connectivity index (χ1v) is 7.98. The van der Waals surface area contributed by atoms with Crippen molar-refractivity contribution in [3.8, 4) is 11.5 Å². The maximum Gasteiger partial charge on any atom is 0.363 e. The van der Waals surface area contributed by atoms with Crippen molar-refractivity contribution in [2.75, 3.05) is 21.3 Å². The van der Waals surface area contributed by atoms with Crippen LogP contribution in [0.5, 0.6) is 11.5 Å². The van der Waals surface area contributed by atoms with Crippen molar-refractivity contribution in [3.05, 3.63) is 64.9 Å². The number of hydrogen-bond acceptors (Lipinski definition) is 7. The quantitative estimate of drug-likeness (QED) is 0.597. The molecule has 7 nitrogen and oxygen atoms in total. The average Bonchev–Trinajstić information content (AvgIpc) is 3.07. The van der Waals surface area contributed by atoms with Gasteiger partial charge >= 0.3 is 11.9 Å². The van der Waals surface area contributed by atoms with E-state index in [1.54, 1.807) is 48.5 Å². The molecule has 2 aromatic rings. The molecule has 0 saturated heterocycles. The second-order valence-electron chi connectivity index (χ2n) is 5.55. The summed E-state index contributed by atoms with van der Waals surface area (Å²) in [6, 6.07) is 11.7. The Morgan fingerprint density at radius 1 is 1.00 bits per heavy atom. The van der Waals surface area contributed by atoms with Crippen molar-refractivity contribution < 1.29 is 28.5 Å².